The van der Waals surface area contributed by atoms with Gasteiger partial charge in [-0.05, 0) is 80.1 Å². The van der Waals surface area contributed by atoms with Crippen LogP contribution in [0, 0.1) is 23.2 Å². The minimum absolute atomic E-state index is 0.0499. The second-order valence-corrected chi connectivity index (χ2v) is 9.78. The van der Waals surface area contributed by atoms with Gasteiger partial charge in [0.25, 0.3) is 5.56 Å². The third-order valence-electron chi connectivity index (χ3n) is 7.15. The molecule has 1 atom stereocenters. The number of carbonyl (C=O) groups excluding carboxylic acids is 1. The Morgan fingerprint density at radius 1 is 1.31 bits per heavy atom. The molecule has 0 aromatic carbocycles. The second-order valence-electron chi connectivity index (χ2n) is 8.89. The van der Waals surface area contributed by atoms with E-state index in [0.29, 0.717) is 5.39 Å². The third kappa shape index (κ3) is 2.61. The lowest BCUT2D eigenvalue weighted by Crippen LogP contribution is -2.56. The highest BCUT2D eigenvalue weighted by Gasteiger charge is 2.53. The van der Waals surface area contributed by atoms with Gasteiger partial charge in [-0.2, -0.15) is 0 Å². The van der Waals surface area contributed by atoms with Crippen molar-refractivity contribution < 1.29 is 4.79 Å². The molecule has 6 heteroatoms. The Hall–Kier alpha value is -1.69. The molecule has 138 valence electrons. The fourth-order valence-corrected chi connectivity index (χ4v) is 7.03. The van der Waals surface area contributed by atoms with Gasteiger partial charge in [0.2, 0.25) is 5.91 Å². The van der Waals surface area contributed by atoms with Crippen LogP contribution < -0.4 is 10.9 Å². The Balaban J connectivity index is 1.31. The molecule has 26 heavy (non-hydrogen) atoms. The largest absolute Gasteiger partial charge is 0.352 e. The van der Waals surface area contributed by atoms with E-state index in [0.717, 1.165) is 22.6 Å². The molecule has 1 unspecified atom stereocenters. The number of nitrogens with one attached hydrogen (secondary N) is 1. The van der Waals surface area contributed by atoms with Crippen LogP contribution in [0.5, 0.6) is 0 Å². The number of amides is 1. The summed E-state index contributed by atoms with van der Waals surface area (Å²) in [5.41, 5.74) is 0.152. The minimum Gasteiger partial charge on any atom is -0.352 e. The number of carbonyl (C=O) groups is 1. The Morgan fingerprint density at radius 2 is 1.96 bits per heavy atom. The second kappa shape index (κ2) is 5.91. The van der Waals surface area contributed by atoms with Gasteiger partial charge in [0.1, 0.15) is 11.4 Å². The van der Waals surface area contributed by atoms with E-state index in [1.807, 2.05) is 5.38 Å². The zero-order valence-electron chi connectivity index (χ0n) is 15.1. The zero-order chi connectivity index (χ0) is 17.9. The van der Waals surface area contributed by atoms with Crippen molar-refractivity contribution in [2.75, 3.05) is 0 Å². The highest BCUT2D eigenvalue weighted by molar-refractivity contribution is 7.16. The van der Waals surface area contributed by atoms with Gasteiger partial charge in [-0.25, -0.2) is 4.98 Å². The van der Waals surface area contributed by atoms with Crippen molar-refractivity contribution >= 4 is 27.5 Å². The van der Waals surface area contributed by atoms with Crippen LogP contribution in [0.4, 0.5) is 0 Å². The van der Waals surface area contributed by atoms with E-state index in [4.69, 9.17) is 0 Å². The van der Waals surface area contributed by atoms with Crippen molar-refractivity contribution in [1.82, 2.24) is 14.9 Å². The Labute approximate surface area is 156 Å². The van der Waals surface area contributed by atoms with Gasteiger partial charge in [0.15, 0.2) is 0 Å². The van der Waals surface area contributed by atoms with Crippen LogP contribution in [0.1, 0.15) is 45.4 Å². The quantitative estimate of drug-likeness (QED) is 0.898. The smallest absolute Gasteiger partial charge is 0.262 e. The fourth-order valence-electron chi connectivity index (χ4n) is 6.31. The molecule has 4 fully saturated rings. The van der Waals surface area contributed by atoms with E-state index in [1.54, 1.807) is 6.07 Å². The van der Waals surface area contributed by atoms with Gasteiger partial charge in [-0.15, -0.1) is 11.3 Å². The first-order chi connectivity index (χ1) is 12.5. The summed E-state index contributed by atoms with van der Waals surface area (Å²) in [6, 6.07) is 1.96. The topological polar surface area (TPSA) is 64.0 Å². The zero-order valence-corrected chi connectivity index (χ0v) is 15.9. The van der Waals surface area contributed by atoms with E-state index in [1.165, 1.54) is 60.8 Å². The number of hydrogen-bond donors (Lipinski definition) is 1. The lowest BCUT2D eigenvalue weighted by atomic mass is 9.48. The first-order valence-corrected chi connectivity index (χ1v) is 10.6. The fraction of sp³-hybridized carbons (Fsp3) is 0.650. The maximum absolute atomic E-state index is 12.6. The molecule has 2 aromatic rings. The Kier molecular flexibility index (Phi) is 3.75. The molecule has 1 N–H and O–H groups in total. The van der Waals surface area contributed by atoms with Crippen molar-refractivity contribution in [2.24, 2.45) is 23.2 Å². The summed E-state index contributed by atoms with van der Waals surface area (Å²) in [7, 11) is 0. The van der Waals surface area contributed by atoms with Crippen LogP contribution in [-0.2, 0) is 11.3 Å². The average molecular weight is 372 g/mol. The minimum atomic E-state index is -0.131. The van der Waals surface area contributed by atoms with Gasteiger partial charge in [-0.3, -0.25) is 14.2 Å². The van der Waals surface area contributed by atoms with E-state index < -0.39 is 0 Å². The molecule has 1 amide bonds. The lowest BCUT2D eigenvalue weighted by molar-refractivity contribution is -0.126. The molecule has 0 aliphatic heterocycles. The molecule has 4 saturated carbocycles. The number of aromatic nitrogens is 2. The molecule has 2 heterocycles. The van der Waals surface area contributed by atoms with Crippen LogP contribution >= 0.6 is 11.3 Å². The highest BCUT2D eigenvalue weighted by atomic mass is 32.1. The summed E-state index contributed by atoms with van der Waals surface area (Å²) in [5.74, 6) is 2.53. The van der Waals surface area contributed by atoms with Crippen LogP contribution in [0.25, 0.3) is 10.2 Å². The number of thiophene rings is 1. The third-order valence-corrected chi connectivity index (χ3v) is 7.97. The summed E-state index contributed by atoms with van der Waals surface area (Å²) in [6.45, 7) is 2.22. The molecular weight excluding hydrogens is 346 g/mol. The summed E-state index contributed by atoms with van der Waals surface area (Å²) < 4.78 is 1.43. The van der Waals surface area contributed by atoms with E-state index in [9.17, 15) is 9.59 Å². The molecule has 0 saturated heterocycles. The maximum Gasteiger partial charge on any atom is 0.262 e. The molecule has 2 aromatic heterocycles. The van der Waals surface area contributed by atoms with Crippen LogP contribution in [0.3, 0.4) is 0 Å². The van der Waals surface area contributed by atoms with Crippen molar-refractivity contribution in [2.45, 2.75) is 58.0 Å². The molecule has 6 rings (SSSR count). The predicted octanol–water partition coefficient (Wildman–Crippen LogP) is 3.18. The van der Waals surface area contributed by atoms with Crippen LogP contribution in [-0.4, -0.2) is 21.5 Å². The maximum atomic E-state index is 12.6. The molecule has 4 aliphatic rings. The summed E-state index contributed by atoms with van der Waals surface area (Å²) in [4.78, 5) is 30.1. The van der Waals surface area contributed by atoms with Crippen LogP contribution in [0.2, 0.25) is 0 Å². The molecule has 4 bridgehead atoms. The summed E-state index contributed by atoms with van der Waals surface area (Å²) >= 11 is 1.45. The average Bonchev–Trinajstić information content (AvgIpc) is 3.05. The first-order valence-electron chi connectivity index (χ1n) is 9.74. The Bertz CT molecular complexity index is 880. The normalized spacial score (nSPS) is 33.5. The molecule has 4 aliphatic carbocycles. The van der Waals surface area contributed by atoms with Crippen molar-refractivity contribution in [3.8, 4) is 0 Å². The van der Waals surface area contributed by atoms with E-state index in [-0.39, 0.29) is 29.5 Å². The van der Waals surface area contributed by atoms with Gasteiger partial charge in [-0.1, -0.05) is 0 Å². The number of nitrogens with zero attached hydrogens (tertiary/aromatic N) is 2. The highest BCUT2D eigenvalue weighted by Crippen LogP contribution is 2.61. The van der Waals surface area contributed by atoms with Crippen molar-refractivity contribution in [3.05, 3.63) is 28.1 Å². The van der Waals surface area contributed by atoms with Crippen molar-refractivity contribution in [1.29, 1.82) is 0 Å². The molecule has 0 spiro atoms. The number of hydrogen-bond acceptors (Lipinski definition) is 4. The van der Waals surface area contributed by atoms with Gasteiger partial charge in [0, 0.05) is 6.04 Å². The molecule has 0 radical (unpaired) electrons. The predicted molar refractivity (Wildman–Crippen MR) is 102 cm³/mol. The van der Waals surface area contributed by atoms with Crippen LogP contribution in [0.15, 0.2) is 22.6 Å². The standard InChI is InChI=1S/C20H25N3O2S/c1-12(20-7-13-4-14(8-20)6-15(5-13)9-20)22-17(24)10-23-11-21-18-16(19(23)25)2-3-26-18/h2-3,11-15H,4-10H2,1H3,(H,22,24). The number of rotatable bonds is 4. The van der Waals surface area contributed by atoms with E-state index in [2.05, 4.69) is 17.2 Å². The lowest BCUT2D eigenvalue weighted by Gasteiger charge is -2.59. The van der Waals surface area contributed by atoms with Gasteiger partial charge in [0.05, 0.1) is 11.7 Å². The molecule has 5 nitrogen and oxygen atoms in total. The van der Waals surface area contributed by atoms with Gasteiger partial charge < -0.3 is 5.32 Å². The summed E-state index contributed by atoms with van der Waals surface area (Å²) in [6.07, 6.45) is 9.51. The SMILES string of the molecule is CC(NC(=O)Cn1cnc2sccc2c1=O)C12CC3CC(CC(C3)C1)C2. The Morgan fingerprint density at radius 3 is 2.62 bits per heavy atom. The first kappa shape index (κ1) is 16.5. The summed E-state index contributed by atoms with van der Waals surface area (Å²) in [5, 5.41) is 5.69. The molecular formula is C20H25N3O2S. The van der Waals surface area contributed by atoms with E-state index >= 15 is 0 Å². The van der Waals surface area contributed by atoms with Crippen molar-refractivity contribution in [3.63, 3.8) is 0 Å². The van der Waals surface area contributed by atoms with Gasteiger partial charge >= 0.3 is 0 Å². The number of fused-ring (bicyclic) bond motifs is 1. The monoisotopic (exact) mass is 371 g/mol.